The molecule has 1 nitrogen and oxygen atoms in total. The average Bonchev–Trinajstić information content (AvgIpc) is 1.80. The standard InChI is InChI=1S/C10H21BrO/c1-8(6-11)9(2,3)7-10(4,5)12/h8,12H,6-7H2,1-5H3/t8-/m0/s1. The van der Waals surface area contributed by atoms with Gasteiger partial charge < -0.3 is 5.11 Å². The van der Waals surface area contributed by atoms with Gasteiger partial charge in [-0.1, -0.05) is 36.7 Å². The van der Waals surface area contributed by atoms with E-state index < -0.39 is 5.60 Å². The molecule has 0 rings (SSSR count). The molecule has 0 spiro atoms. The van der Waals surface area contributed by atoms with Gasteiger partial charge in [0, 0.05) is 5.33 Å². The molecule has 0 fully saturated rings. The molecule has 2 heteroatoms. The van der Waals surface area contributed by atoms with Crippen LogP contribution in [0.5, 0.6) is 0 Å². The number of hydrogen-bond donors (Lipinski definition) is 1. The molecule has 0 aromatic rings. The molecule has 0 saturated carbocycles. The summed E-state index contributed by atoms with van der Waals surface area (Å²) in [5.41, 5.74) is -0.359. The molecule has 1 N–H and O–H groups in total. The summed E-state index contributed by atoms with van der Waals surface area (Å²) in [5.74, 6) is 0.587. The maximum absolute atomic E-state index is 9.68. The lowest BCUT2D eigenvalue weighted by atomic mass is 9.74. The summed E-state index contributed by atoms with van der Waals surface area (Å²) in [6.07, 6.45) is 0.840. The Hall–Kier alpha value is 0.440. The van der Waals surface area contributed by atoms with E-state index in [1.54, 1.807) is 0 Å². The quantitative estimate of drug-likeness (QED) is 0.744. The minimum atomic E-state index is -0.556. The van der Waals surface area contributed by atoms with Crippen LogP contribution >= 0.6 is 15.9 Å². The summed E-state index contributed by atoms with van der Waals surface area (Å²) in [5, 5.41) is 10.7. The fourth-order valence-electron chi connectivity index (χ4n) is 1.50. The number of hydrogen-bond acceptors (Lipinski definition) is 1. The van der Waals surface area contributed by atoms with Gasteiger partial charge in [-0.3, -0.25) is 0 Å². The third-order valence-corrected chi connectivity index (χ3v) is 3.42. The summed E-state index contributed by atoms with van der Waals surface area (Å²) in [6.45, 7) is 10.4. The van der Waals surface area contributed by atoms with E-state index in [-0.39, 0.29) is 5.41 Å². The number of rotatable bonds is 4. The Morgan fingerprint density at radius 1 is 1.25 bits per heavy atom. The molecule has 0 radical (unpaired) electrons. The smallest absolute Gasteiger partial charge is 0.0597 e. The van der Waals surface area contributed by atoms with Gasteiger partial charge in [0.15, 0.2) is 0 Å². The molecule has 0 heterocycles. The van der Waals surface area contributed by atoms with Crippen molar-refractivity contribution in [3.05, 3.63) is 0 Å². The van der Waals surface area contributed by atoms with Crippen molar-refractivity contribution in [2.24, 2.45) is 11.3 Å². The zero-order valence-electron chi connectivity index (χ0n) is 8.82. The molecule has 0 aliphatic rings. The molecule has 0 bridgehead atoms. The van der Waals surface area contributed by atoms with Crippen molar-refractivity contribution in [3.8, 4) is 0 Å². The topological polar surface area (TPSA) is 20.2 Å². The minimum Gasteiger partial charge on any atom is -0.390 e. The van der Waals surface area contributed by atoms with E-state index in [0.29, 0.717) is 5.92 Å². The van der Waals surface area contributed by atoms with Crippen LogP contribution < -0.4 is 0 Å². The van der Waals surface area contributed by atoms with E-state index in [9.17, 15) is 5.11 Å². The van der Waals surface area contributed by atoms with Gasteiger partial charge >= 0.3 is 0 Å². The second kappa shape index (κ2) is 4.10. The van der Waals surface area contributed by atoms with Crippen molar-refractivity contribution in [1.82, 2.24) is 0 Å². The summed E-state index contributed by atoms with van der Waals surface area (Å²) in [4.78, 5) is 0. The highest BCUT2D eigenvalue weighted by Crippen LogP contribution is 2.35. The van der Waals surface area contributed by atoms with Gasteiger partial charge in [0.05, 0.1) is 5.60 Å². The van der Waals surface area contributed by atoms with Crippen LogP contribution in [0.4, 0.5) is 0 Å². The van der Waals surface area contributed by atoms with Crippen molar-refractivity contribution in [2.45, 2.75) is 46.6 Å². The number of aliphatic hydroxyl groups is 1. The van der Waals surface area contributed by atoms with Crippen molar-refractivity contribution in [2.75, 3.05) is 5.33 Å². The summed E-state index contributed by atoms with van der Waals surface area (Å²) in [6, 6.07) is 0. The van der Waals surface area contributed by atoms with Crippen LogP contribution in [-0.4, -0.2) is 16.0 Å². The highest BCUT2D eigenvalue weighted by atomic mass is 79.9. The molecule has 0 aromatic heterocycles. The second-order valence-electron chi connectivity index (χ2n) is 5.03. The molecule has 1 atom stereocenters. The molecule has 0 aromatic carbocycles. The number of halogens is 1. The van der Waals surface area contributed by atoms with Crippen molar-refractivity contribution >= 4 is 15.9 Å². The van der Waals surface area contributed by atoms with E-state index in [4.69, 9.17) is 0 Å². The van der Waals surface area contributed by atoms with Gasteiger partial charge in [0.25, 0.3) is 0 Å². The van der Waals surface area contributed by atoms with Gasteiger partial charge in [0.2, 0.25) is 0 Å². The highest BCUT2D eigenvalue weighted by Gasteiger charge is 2.31. The zero-order valence-corrected chi connectivity index (χ0v) is 10.4. The molecule has 0 aliphatic heterocycles. The van der Waals surface area contributed by atoms with Crippen LogP contribution in [0.1, 0.15) is 41.0 Å². The van der Waals surface area contributed by atoms with Crippen LogP contribution in [0.2, 0.25) is 0 Å². The fourth-order valence-corrected chi connectivity index (χ4v) is 2.37. The van der Waals surface area contributed by atoms with Gasteiger partial charge in [-0.15, -0.1) is 0 Å². The summed E-state index contributed by atoms with van der Waals surface area (Å²) < 4.78 is 0. The molecular weight excluding hydrogens is 216 g/mol. The maximum Gasteiger partial charge on any atom is 0.0597 e. The first-order chi connectivity index (χ1) is 5.19. The van der Waals surface area contributed by atoms with Crippen molar-refractivity contribution in [1.29, 1.82) is 0 Å². The van der Waals surface area contributed by atoms with Crippen molar-refractivity contribution < 1.29 is 5.11 Å². The first kappa shape index (κ1) is 12.4. The Morgan fingerprint density at radius 3 is 1.92 bits per heavy atom. The Bertz CT molecular complexity index is 135. The largest absolute Gasteiger partial charge is 0.390 e. The van der Waals surface area contributed by atoms with Gasteiger partial charge in [0.1, 0.15) is 0 Å². The van der Waals surface area contributed by atoms with Crippen molar-refractivity contribution in [3.63, 3.8) is 0 Å². The Morgan fingerprint density at radius 2 is 1.67 bits per heavy atom. The molecule has 74 valence electrons. The van der Waals surface area contributed by atoms with Crippen LogP contribution in [0, 0.1) is 11.3 Å². The second-order valence-corrected chi connectivity index (χ2v) is 5.68. The lowest BCUT2D eigenvalue weighted by Gasteiger charge is -2.35. The highest BCUT2D eigenvalue weighted by molar-refractivity contribution is 9.09. The van der Waals surface area contributed by atoms with Gasteiger partial charge in [-0.25, -0.2) is 0 Å². The Balaban J connectivity index is 4.22. The van der Waals surface area contributed by atoms with E-state index >= 15 is 0 Å². The first-order valence-corrected chi connectivity index (χ1v) is 5.59. The first-order valence-electron chi connectivity index (χ1n) is 4.47. The fraction of sp³-hybridized carbons (Fsp3) is 1.00. The lowest BCUT2D eigenvalue weighted by molar-refractivity contribution is 0.0178. The normalized spacial score (nSPS) is 16.2. The lowest BCUT2D eigenvalue weighted by Crippen LogP contribution is -2.33. The van der Waals surface area contributed by atoms with E-state index in [1.807, 2.05) is 13.8 Å². The Kier molecular flexibility index (Phi) is 4.25. The molecule has 0 saturated heterocycles. The third kappa shape index (κ3) is 4.46. The van der Waals surface area contributed by atoms with Crippen LogP contribution in [0.3, 0.4) is 0 Å². The average molecular weight is 237 g/mol. The summed E-state index contributed by atoms with van der Waals surface area (Å²) >= 11 is 3.48. The molecular formula is C10H21BrO. The minimum absolute atomic E-state index is 0.196. The van der Waals surface area contributed by atoms with Crippen LogP contribution in [0.25, 0.3) is 0 Å². The Labute approximate surface area is 84.7 Å². The monoisotopic (exact) mass is 236 g/mol. The molecule has 12 heavy (non-hydrogen) atoms. The zero-order chi connectivity index (χ0) is 9.99. The number of alkyl halides is 1. The molecule has 0 unspecified atom stereocenters. The third-order valence-electron chi connectivity index (χ3n) is 2.45. The van der Waals surface area contributed by atoms with E-state index in [1.165, 1.54) is 0 Å². The molecule has 0 aliphatic carbocycles. The summed E-state index contributed by atoms with van der Waals surface area (Å²) in [7, 11) is 0. The maximum atomic E-state index is 9.68. The SMILES string of the molecule is C[C@@H](CBr)C(C)(C)CC(C)(C)O. The predicted octanol–water partition coefficient (Wildman–Crippen LogP) is 3.20. The molecule has 0 amide bonds. The van der Waals surface area contributed by atoms with Crippen LogP contribution in [-0.2, 0) is 0 Å². The van der Waals surface area contributed by atoms with Gasteiger partial charge in [-0.2, -0.15) is 0 Å². The van der Waals surface area contributed by atoms with E-state index in [0.717, 1.165) is 11.8 Å². The van der Waals surface area contributed by atoms with E-state index in [2.05, 4.69) is 36.7 Å². The predicted molar refractivity (Wildman–Crippen MR) is 57.7 cm³/mol. The van der Waals surface area contributed by atoms with Crippen LogP contribution in [0.15, 0.2) is 0 Å². The van der Waals surface area contributed by atoms with Gasteiger partial charge in [-0.05, 0) is 31.6 Å².